The van der Waals surface area contributed by atoms with E-state index in [9.17, 15) is 4.39 Å². The highest BCUT2D eigenvalue weighted by Crippen LogP contribution is 1.54. The van der Waals surface area contributed by atoms with Crippen LogP contribution in [-0.2, 0) is 4.79 Å². The van der Waals surface area contributed by atoms with Crippen LogP contribution in [0.25, 0.3) is 0 Å². The number of hydrogen-bond acceptors (Lipinski definition) is 2. The molecule has 2 nitrogen and oxygen atoms in total. The molecule has 0 aliphatic carbocycles. The molecule has 0 aromatic carbocycles. The molecule has 0 amide bonds. The molecular weight excluding hydrogens is 110 g/mol. The standard InChI is InChI=1S/C2H3FO2.ClH2/c3-1-2(4)5;/h1H2,(H,4,5);1H2/q;+1/p-1. The SMILES string of the molecule is O=C([O-])CF.[ClH2+]. The molecule has 0 heterocycles. The van der Waals surface area contributed by atoms with E-state index in [0.717, 1.165) is 0 Å². The quantitative estimate of drug-likeness (QED) is 0.402. The maximum absolute atomic E-state index is 10.5. The van der Waals surface area contributed by atoms with Crippen LogP contribution in [-0.4, -0.2) is 12.6 Å². The van der Waals surface area contributed by atoms with Gasteiger partial charge in [-0.05, 0) is 0 Å². The second-order valence-corrected chi connectivity index (χ2v) is 0.506. The topological polar surface area (TPSA) is 40.1 Å². The highest BCUT2D eigenvalue weighted by atomic mass is 35.5. The van der Waals surface area contributed by atoms with Crippen LogP contribution in [0.5, 0.6) is 0 Å². The van der Waals surface area contributed by atoms with Gasteiger partial charge in [-0.15, -0.1) is 0 Å². The summed E-state index contributed by atoms with van der Waals surface area (Å²) in [5.74, 6) is -1.66. The lowest BCUT2D eigenvalue weighted by Gasteiger charge is -1.84. The highest BCUT2D eigenvalue weighted by molar-refractivity contribution is 5.65. The summed E-state index contributed by atoms with van der Waals surface area (Å²) in [5.41, 5.74) is 0. The van der Waals surface area contributed by atoms with Crippen molar-refractivity contribution in [2.75, 3.05) is 6.67 Å². The van der Waals surface area contributed by atoms with E-state index < -0.39 is 12.6 Å². The molecular formula is C2H4ClFO2. The van der Waals surface area contributed by atoms with Crippen LogP contribution < -0.4 is 5.11 Å². The van der Waals surface area contributed by atoms with Gasteiger partial charge in [0.25, 0.3) is 0 Å². The van der Waals surface area contributed by atoms with Gasteiger partial charge in [0.1, 0.15) is 6.67 Å². The largest absolute Gasteiger partial charge is 0.547 e. The zero-order chi connectivity index (χ0) is 4.28. The third-order valence-corrected chi connectivity index (χ3v) is 0.109. The Balaban J connectivity index is 0. The number of aliphatic carboxylic acids is 1. The van der Waals surface area contributed by atoms with Gasteiger partial charge in [0.05, 0.1) is 18.4 Å². The average Bonchev–Trinajstić information content (AvgIpc) is 1.38. The van der Waals surface area contributed by atoms with Crippen molar-refractivity contribution in [3.63, 3.8) is 0 Å². The van der Waals surface area contributed by atoms with E-state index in [-0.39, 0.29) is 12.4 Å². The predicted molar refractivity (Wildman–Crippen MR) is 13.8 cm³/mol. The second-order valence-electron chi connectivity index (χ2n) is 0.506. The molecule has 0 saturated heterocycles. The minimum atomic E-state index is -1.66. The number of hydrogen-bond donors (Lipinski definition) is 0. The van der Waals surface area contributed by atoms with Gasteiger partial charge < -0.3 is 9.90 Å². The van der Waals surface area contributed by atoms with Crippen LogP contribution in [0.2, 0.25) is 0 Å². The summed E-state index contributed by atoms with van der Waals surface area (Å²) in [5, 5.41) is 8.88. The molecule has 0 atom stereocenters. The molecule has 0 aliphatic rings. The minimum Gasteiger partial charge on any atom is -0.547 e. The summed E-state index contributed by atoms with van der Waals surface area (Å²) < 4.78 is 10.5. The molecule has 0 aromatic heterocycles. The summed E-state index contributed by atoms with van der Waals surface area (Å²) in [7, 11) is 0. The van der Waals surface area contributed by atoms with Crippen molar-refractivity contribution >= 4 is 5.97 Å². The molecule has 0 saturated carbocycles. The van der Waals surface area contributed by atoms with Crippen LogP contribution in [0.3, 0.4) is 0 Å². The lowest BCUT2D eigenvalue weighted by Crippen LogP contribution is -2.23. The summed E-state index contributed by atoms with van der Waals surface area (Å²) in [4.78, 5) is 8.88. The molecule has 0 fully saturated rings. The van der Waals surface area contributed by atoms with Crippen LogP contribution >= 0.6 is 0 Å². The van der Waals surface area contributed by atoms with Crippen molar-refractivity contribution in [1.29, 1.82) is 0 Å². The zero-order valence-corrected chi connectivity index (χ0v) is 3.74. The molecule has 6 heavy (non-hydrogen) atoms. The second kappa shape index (κ2) is 4.69. The number of alkyl halides is 1. The average molecular weight is 115 g/mol. The van der Waals surface area contributed by atoms with Gasteiger partial charge in [-0.2, -0.15) is 0 Å². The number of rotatable bonds is 1. The first-order chi connectivity index (χ1) is 2.27. The van der Waals surface area contributed by atoms with Crippen LogP contribution in [0.15, 0.2) is 0 Å². The van der Waals surface area contributed by atoms with E-state index in [1.54, 1.807) is 0 Å². The van der Waals surface area contributed by atoms with Crippen molar-refractivity contribution in [3.05, 3.63) is 0 Å². The lowest BCUT2D eigenvalue weighted by atomic mass is 10.8. The first-order valence-electron chi connectivity index (χ1n) is 1.03. The zero-order valence-electron chi connectivity index (χ0n) is 2.85. The normalized spacial score (nSPS) is 6.17. The van der Waals surface area contributed by atoms with Gasteiger partial charge in [0, 0.05) is 0 Å². The van der Waals surface area contributed by atoms with Gasteiger partial charge in [0.2, 0.25) is 0 Å². The monoisotopic (exact) mass is 114 g/mol. The molecule has 0 aromatic rings. The van der Waals surface area contributed by atoms with E-state index in [1.165, 1.54) is 0 Å². The fourth-order valence-electron chi connectivity index (χ4n) is 0. The van der Waals surface area contributed by atoms with Gasteiger partial charge >= 0.3 is 0 Å². The van der Waals surface area contributed by atoms with E-state index in [2.05, 4.69) is 0 Å². The number of carbonyl (C=O) groups excluding carboxylic acids is 1. The molecule has 0 rings (SSSR count). The Labute approximate surface area is 40.4 Å². The highest BCUT2D eigenvalue weighted by Gasteiger charge is 1.70. The predicted octanol–water partition coefficient (Wildman–Crippen LogP) is -1.83. The van der Waals surface area contributed by atoms with Crippen molar-refractivity contribution in [2.45, 2.75) is 0 Å². The van der Waals surface area contributed by atoms with Crippen molar-refractivity contribution in [3.8, 4) is 0 Å². The molecule has 0 bridgehead atoms. The Morgan fingerprint density at radius 1 is 1.83 bits per heavy atom. The molecule has 0 unspecified atom stereocenters. The molecule has 38 valence electrons. The maximum Gasteiger partial charge on any atom is 0.129 e. The van der Waals surface area contributed by atoms with Crippen molar-refractivity contribution < 1.29 is 26.7 Å². The Bertz CT molecular complexity index is 46.8. The smallest absolute Gasteiger partial charge is 0.129 e. The van der Waals surface area contributed by atoms with Crippen LogP contribution in [0.1, 0.15) is 0 Å². The van der Waals surface area contributed by atoms with E-state index in [1.807, 2.05) is 0 Å². The van der Waals surface area contributed by atoms with Gasteiger partial charge in [-0.25, -0.2) is 4.39 Å². The number of carbonyl (C=O) groups is 1. The third-order valence-electron chi connectivity index (χ3n) is 0.109. The lowest BCUT2D eigenvalue weighted by molar-refractivity contribution is -0.306. The Morgan fingerprint density at radius 3 is 2.00 bits per heavy atom. The number of carboxylic acids is 1. The van der Waals surface area contributed by atoms with Crippen molar-refractivity contribution in [2.24, 2.45) is 0 Å². The Hall–Kier alpha value is -0.310. The number of halogens is 2. The summed E-state index contributed by atoms with van der Waals surface area (Å²) in [6.07, 6.45) is 0. The summed E-state index contributed by atoms with van der Waals surface area (Å²) >= 11 is 0. The van der Waals surface area contributed by atoms with Gasteiger partial charge in [0.15, 0.2) is 0 Å². The molecule has 0 radical (unpaired) electrons. The molecule has 0 aliphatic heterocycles. The van der Waals surface area contributed by atoms with Crippen molar-refractivity contribution in [1.82, 2.24) is 0 Å². The molecule has 4 heteroatoms. The summed E-state index contributed by atoms with van der Waals surface area (Å²) in [6, 6.07) is 0. The van der Waals surface area contributed by atoms with Crippen LogP contribution in [0, 0.1) is 12.4 Å². The molecule has 0 spiro atoms. The van der Waals surface area contributed by atoms with Crippen LogP contribution in [0.4, 0.5) is 4.39 Å². The number of carboxylic acid groups (broad SMARTS) is 1. The third kappa shape index (κ3) is 9.35. The maximum atomic E-state index is 10.5. The van der Waals surface area contributed by atoms with E-state index in [0.29, 0.717) is 0 Å². The fourth-order valence-corrected chi connectivity index (χ4v) is 0. The first kappa shape index (κ1) is 9.19. The van der Waals surface area contributed by atoms with E-state index >= 15 is 0 Å². The summed E-state index contributed by atoms with van der Waals surface area (Å²) in [6.45, 7) is -1.39. The van der Waals surface area contributed by atoms with Gasteiger partial charge in [-0.3, -0.25) is 0 Å². The first-order valence-corrected chi connectivity index (χ1v) is 1.03. The Morgan fingerprint density at radius 2 is 2.00 bits per heavy atom. The van der Waals surface area contributed by atoms with Gasteiger partial charge in [-0.1, -0.05) is 0 Å². The fraction of sp³-hybridized carbons (Fsp3) is 0.500. The molecule has 0 N–H and O–H groups in total. The van der Waals surface area contributed by atoms with E-state index in [4.69, 9.17) is 9.90 Å². The Kier molecular flexibility index (Phi) is 7.19. The minimum absolute atomic E-state index is 0.